The Morgan fingerprint density at radius 1 is 1.05 bits per heavy atom. The van der Waals surface area contributed by atoms with Crippen LogP contribution in [0.3, 0.4) is 0 Å². The highest BCUT2D eigenvalue weighted by atomic mass is 16.1. The molecule has 20 heavy (non-hydrogen) atoms. The van der Waals surface area contributed by atoms with E-state index in [1.807, 2.05) is 18.2 Å². The van der Waals surface area contributed by atoms with Crippen molar-refractivity contribution in [2.24, 2.45) is 16.5 Å². The summed E-state index contributed by atoms with van der Waals surface area (Å²) >= 11 is 0. The van der Waals surface area contributed by atoms with Gasteiger partial charge in [-0.05, 0) is 35.4 Å². The van der Waals surface area contributed by atoms with Crippen LogP contribution in [0.4, 0.5) is 0 Å². The molecule has 0 radical (unpaired) electrons. The first-order valence-electron chi connectivity index (χ1n) is 5.85. The maximum atomic E-state index is 11.7. The van der Waals surface area contributed by atoms with Gasteiger partial charge >= 0.3 is 0 Å². The van der Waals surface area contributed by atoms with Gasteiger partial charge in [0, 0.05) is 5.56 Å². The molecule has 4 N–H and O–H groups in total. The minimum absolute atomic E-state index is 0.265. The van der Waals surface area contributed by atoms with Gasteiger partial charge in [0.25, 0.3) is 5.91 Å². The number of nitrogens with zero attached hydrogens (tertiary/aromatic N) is 2. The van der Waals surface area contributed by atoms with Crippen molar-refractivity contribution in [1.29, 1.82) is 5.26 Å². The van der Waals surface area contributed by atoms with E-state index in [9.17, 15) is 4.79 Å². The molecule has 0 bridgehead atoms. The van der Waals surface area contributed by atoms with Gasteiger partial charge in [-0.1, -0.05) is 24.3 Å². The molecule has 0 aliphatic heterocycles. The van der Waals surface area contributed by atoms with Crippen LogP contribution in [0.2, 0.25) is 0 Å². The Morgan fingerprint density at radius 2 is 1.75 bits per heavy atom. The van der Waals surface area contributed by atoms with Crippen molar-refractivity contribution in [2.75, 3.05) is 0 Å². The largest absolute Gasteiger partial charge is 0.370 e. The second-order valence-corrected chi connectivity index (χ2v) is 4.11. The van der Waals surface area contributed by atoms with Crippen LogP contribution in [0.5, 0.6) is 0 Å². The molecule has 98 valence electrons. The standard InChI is InChI=1S/C15H12N4O/c16-9-10-4-6-11(7-5-10)12-2-1-3-13(8-12)14(20)19-15(17)18/h1-8H,(H4,17,18,19,20). The molecule has 0 aliphatic carbocycles. The Labute approximate surface area is 116 Å². The van der Waals surface area contributed by atoms with Crippen LogP contribution in [-0.2, 0) is 0 Å². The minimum atomic E-state index is -0.486. The number of amides is 1. The quantitative estimate of drug-likeness (QED) is 0.635. The summed E-state index contributed by atoms with van der Waals surface area (Å²) in [5, 5.41) is 8.77. The number of hydrogen-bond acceptors (Lipinski definition) is 2. The van der Waals surface area contributed by atoms with Crippen LogP contribution in [0, 0.1) is 11.3 Å². The van der Waals surface area contributed by atoms with E-state index in [0.717, 1.165) is 11.1 Å². The topological polar surface area (TPSA) is 105 Å². The van der Waals surface area contributed by atoms with Gasteiger partial charge in [0.05, 0.1) is 11.6 Å². The molecule has 0 spiro atoms. The second-order valence-electron chi connectivity index (χ2n) is 4.11. The van der Waals surface area contributed by atoms with Crippen LogP contribution >= 0.6 is 0 Å². The summed E-state index contributed by atoms with van der Waals surface area (Å²) in [6.45, 7) is 0. The molecule has 5 nitrogen and oxygen atoms in total. The summed E-state index contributed by atoms with van der Waals surface area (Å²) < 4.78 is 0. The lowest BCUT2D eigenvalue weighted by atomic mass is 10.0. The van der Waals surface area contributed by atoms with Gasteiger partial charge in [0.1, 0.15) is 0 Å². The summed E-state index contributed by atoms with van der Waals surface area (Å²) in [5.41, 5.74) is 13.1. The normalized spacial score (nSPS) is 9.55. The van der Waals surface area contributed by atoms with Crippen molar-refractivity contribution in [2.45, 2.75) is 0 Å². The molecule has 5 heteroatoms. The first kappa shape index (κ1) is 13.3. The molecular formula is C15H12N4O. The Hall–Kier alpha value is -3.13. The number of carbonyl (C=O) groups excluding carboxylic acids is 1. The third-order valence-electron chi connectivity index (χ3n) is 2.69. The lowest BCUT2D eigenvalue weighted by molar-refractivity contribution is 0.100. The minimum Gasteiger partial charge on any atom is -0.370 e. The predicted molar refractivity (Wildman–Crippen MR) is 76.7 cm³/mol. The van der Waals surface area contributed by atoms with Crippen molar-refractivity contribution in [1.82, 2.24) is 0 Å². The number of carbonyl (C=O) groups is 1. The average molecular weight is 264 g/mol. The average Bonchev–Trinajstić information content (AvgIpc) is 2.47. The maximum absolute atomic E-state index is 11.7. The van der Waals surface area contributed by atoms with Crippen molar-refractivity contribution in [3.63, 3.8) is 0 Å². The molecule has 0 heterocycles. The number of nitriles is 1. The molecule has 2 aromatic rings. The van der Waals surface area contributed by atoms with Crippen molar-refractivity contribution >= 4 is 11.9 Å². The molecule has 0 unspecified atom stereocenters. The first-order chi connectivity index (χ1) is 9.60. The van der Waals surface area contributed by atoms with E-state index in [1.54, 1.807) is 30.3 Å². The van der Waals surface area contributed by atoms with Gasteiger partial charge in [0.2, 0.25) is 0 Å². The summed E-state index contributed by atoms with van der Waals surface area (Å²) in [6, 6.07) is 16.1. The summed E-state index contributed by atoms with van der Waals surface area (Å²) in [4.78, 5) is 15.2. The highest BCUT2D eigenvalue weighted by Gasteiger charge is 2.06. The number of nitrogens with two attached hydrogens (primary N) is 2. The van der Waals surface area contributed by atoms with E-state index in [1.165, 1.54) is 0 Å². The van der Waals surface area contributed by atoms with Crippen LogP contribution in [0.1, 0.15) is 15.9 Å². The molecule has 0 saturated carbocycles. The molecule has 0 aromatic heterocycles. The summed E-state index contributed by atoms with van der Waals surface area (Å²) in [5.74, 6) is -0.751. The highest BCUT2D eigenvalue weighted by Crippen LogP contribution is 2.21. The van der Waals surface area contributed by atoms with Crippen molar-refractivity contribution in [3.8, 4) is 17.2 Å². The Morgan fingerprint density at radius 3 is 2.35 bits per heavy atom. The van der Waals surface area contributed by atoms with Gasteiger partial charge in [-0.25, -0.2) is 0 Å². The highest BCUT2D eigenvalue weighted by molar-refractivity contribution is 6.02. The maximum Gasteiger partial charge on any atom is 0.280 e. The number of aliphatic imine (C=N–C) groups is 1. The Kier molecular flexibility index (Phi) is 3.77. The molecule has 0 fully saturated rings. The summed E-state index contributed by atoms with van der Waals surface area (Å²) in [6.07, 6.45) is 0. The van der Waals surface area contributed by atoms with Crippen LogP contribution < -0.4 is 11.5 Å². The fourth-order valence-corrected chi connectivity index (χ4v) is 1.75. The van der Waals surface area contributed by atoms with E-state index in [2.05, 4.69) is 11.1 Å². The zero-order valence-corrected chi connectivity index (χ0v) is 10.6. The van der Waals surface area contributed by atoms with E-state index in [0.29, 0.717) is 11.1 Å². The van der Waals surface area contributed by atoms with E-state index in [-0.39, 0.29) is 5.96 Å². The van der Waals surface area contributed by atoms with Gasteiger partial charge in [-0.15, -0.1) is 0 Å². The zero-order valence-electron chi connectivity index (χ0n) is 10.6. The van der Waals surface area contributed by atoms with E-state index < -0.39 is 5.91 Å². The number of guanidine groups is 1. The molecule has 0 saturated heterocycles. The third-order valence-corrected chi connectivity index (χ3v) is 2.69. The lowest BCUT2D eigenvalue weighted by Crippen LogP contribution is -2.24. The van der Waals surface area contributed by atoms with E-state index in [4.69, 9.17) is 16.7 Å². The predicted octanol–water partition coefficient (Wildman–Crippen LogP) is 1.64. The monoisotopic (exact) mass is 264 g/mol. The summed E-state index contributed by atoms with van der Waals surface area (Å²) in [7, 11) is 0. The van der Waals surface area contributed by atoms with Crippen LogP contribution in [0.25, 0.3) is 11.1 Å². The van der Waals surface area contributed by atoms with Gasteiger partial charge in [-0.3, -0.25) is 4.79 Å². The first-order valence-corrected chi connectivity index (χ1v) is 5.85. The molecule has 1 amide bonds. The smallest absolute Gasteiger partial charge is 0.280 e. The fraction of sp³-hybridized carbons (Fsp3) is 0. The van der Waals surface area contributed by atoms with Gasteiger partial charge in [0.15, 0.2) is 5.96 Å². The molecule has 2 rings (SSSR count). The SMILES string of the molecule is N#Cc1ccc(-c2cccc(C(=O)N=C(N)N)c2)cc1. The zero-order chi connectivity index (χ0) is 14.5. The van der Waals surface area contributed by atoms with Gasteiger partial charge < -0.3 is 11.5 Å². The third kappa shape index (κ3) is 3.00. The van der Waals surface area contributed by atoms with Crippen molar-refractivity contribution in [3.05, 3.63) is 59.7 Å². The van der Waals surface area contributed by atoms with Crippen molar-refractivity contribution < 1.29 is 4.79 Å². The Bertz CT molecular complexity index is 707. The van der Waals surface area contributed by atoms with Crippen LogP contribution in [0.15, 0.2) is 53.5 Å². The molecular weight excluding hydrogens is 252 g/mol. The van der Waals surface area contributed by atoms with E-state index >= 15 is 0 Å². The van der Waals surface area contributed by atoms with Crippen LogP contribution in [-0.4, -0.2) is 11.9 Å². The molecule has 0 atom stereocenters. The number of hydrogen-bond donors (Lipinski definition) is 2. The molecule has 0 aliphatic rings. The lowest BCUT2D eigenvalue weighted by Gasteiger charge is -2.03. The number of rotatable bonds is 2. The molecule has 2 aromatic carbocycles. The van der Waals surface area contributed by atoms with Gasteiger partial charge in [-0.2, -0.15) is 10.3 Å². The fourth-order valence-electron chi connectivity index (χ4n) is 1.75. The number of benzene rings is 2. The second kappa shape index (κ2) is 5.67. The Balaban J connectivity index is 2.36.